The summed E-state index contributed by atoms with van der Waals surface area (Å²) in [6.45, 7) is 5.05. The lowest BCUT2D eigenvalue weighted by molar-refractivity contribution is -0.0163. The molecule has 0 bridgehead atoms. The first-order valence-corrected chi connectivity index (χ1v) is 9.17. The van der Waals surface area contributed by atoms with Gasteiger partial charge in [-0.2, -0.15) is 0 Å². The number of carbonyl (C=O) groups excluding carboxylic acids is 1. The smallest absolute Gasteiger partial charge is 0.259 e. The minimum Gasteiger partial charge on any atom is -0.491 e. The average Bonchev–Trinajstić information content (AvgIpc) is 2.92. The Labute approximate surface area is 153 Å². The zero-order valence-corrected chi connectivity index (χ0v) is 15.4. The highest BCUT2D eigenvalue weighted by atomic mass is 16.5. The SMILES string of the molecule is CCc1noc(C)c1C(=O)N1CCCC(O)(COc2ccccc2)CC1. The Bertz CT molecular complexity index is 744. The van der Waals surface area contributed by atoms with Crippen LogP contribution < -0.4 is 4.74 Å². The van der Waals surface area contributed by atoms with E-state index in [2.05, 4.69) is 5.16 Å². The van der Waals surface area contributed by atoms with Gasteiger partial charge in [-0.1, -0.05) is 30.3 Å². The number of carbonyl (C=O) groups is 1. The van der Waals surface area contributed by atoms with Crippen molar-refractivity contribution >= 4 is 5.91 Å². The van der Waals surface area contributed by atoms with E-state index < -0.39 is 5.60 Å². The van der Waals surface area contributed by atoms with Gasteiger partial charge in [-0.05, 0) is 44.7 Å². The summed E-state index contributed by atoms with van der Waals surface area (Å²) in [5.41, 5.74) is 0.334. The lowest BCUT2D eigenvalue weighted by Crippen LogP contribution is -2.38. The monoisotopic (exact) mass is 358 g/mol. The Morgan fingerprint density at radius 1 is 1.31 bits per heavy atom. The largest absolute Gasteiger partial charge is 0.491 e. The topological polar surface area (TPSA) is 75.8 Å². The molecule has 0 aliphatic carbocycles. The summed E-state index contributed by atoms with van der Waals surface area (Å²) in [7, 11) is 0. The lowest BCUT2D eigenvalue weighted by Gasteiger charge is -2.27. The fraction of sp³-hybridized carbons (Fsp3) is 0.500. The Balaban J connectivity index is 1.64. The van der Waals surface area contributed by atoms with E-state index in [4.69, 9.17) is 9.26 Å². The number of aliphatic hydroxyl groups is 1. The summed E-state index contributed by atoms with van der Waals surface area (Å²) in [6, 6.07) is 9.47. The summed E-state index contributed by atoms with van der Waals surface area (Å²) in [4.78, 5) is 14.7. The second-order valence-corrected chi connectivity index (χ2v) is 6.89. The number of benzene rings is 1. The van der Waals surface area contributed by atoms with E-state index in [9.17, 15) is 9.90 Å². The van der Waals surface area contributed by atoms with Gasteiger partial charge in [0.1, 0.15) is 29.3 Å². The van der Waals surface area contributed by atoms with Crippen molar-refractivity contribution in [1.82, 2.24) is 10.1 Å². The maximum atomic E-state index is 12.9. The number of hydrogen-bond donors (Lipinski definition) is 1. The second-order valence-electron chi connectivity index (χ2n) is 6.89. The van der Waals surface area contributed by atoms with Crippen molar-refractivity contribution < 1.29 is 19.2 Å². The van der Waals surface area contributed by atoms with Gasteiger partial charge in [-0.25, -0.2) is 0 Å². The van der Waals surface area contributed by atoms with E-state index in [0.29, 0.717) is 49.4 Å². The first-order valence-electron chi connectivity index (χ1n) is 9.17. The van der Waals surface area contributed by atoms with Gasteiger partial charge in [0.2, 0.25) is 0 Å². The summed E-state index contributed by atoms with van der Waals surface area (Å²) in [5, 5.41) is 14.9. The van der Waals surface area contributed by atoms with Crippen LogP contribution in [0, 0.1) is 6.92 Å². The van der Waals surface area contributed by atoms with Gasteiger partial charge in [0.15, 0.2) is 0 Å². The zero-order valence-electron chi connectivity index (χ0n) is 15.4. The van der Waals surface area contributed by atoms with Crippen LogP contribution in [0.3, 0.4) is 0 Å². The highest BCUT2D eigenvalue weighted by Crippen LogP contribution is 2.26. The molecule has 1 unspecified atom stereocenters. The molecule has 6 heteroatoms. The van der Waals surface area contributed by atoms with Gasteiger partial charge in [-0.15, -0.1) is 0 Å². The normalized spacial score (nSPS) is 20.7. The van der Waals surface area contributed by atoms with Gasteiger partial charge >= 0.3 is 0 Å². The molecular weight excluding hydrogens is 332 g/mol. The number of hydrogen-bond acceptors (Lipinski definition) is 5. The third kappa shape index (κ3) is 4.07. The Kier molecular flexibility index (Phi) is 5.61. The molecule has 3 rings (SSSR count). The van der Waals surface area contributed by atoms with Crippen LogP contribution in [0.25, 0.3) is 0 Å². The van der Waals surface area contributed by atoms with Crippen LogP contribution in [0.15, 0.2) is 34.9 Å². The molecule has 2 heterocycles. The number of rotatable bonds is 5. The summed E-state index contributed by atoms with van der Waals surface area (Å²) in [5.74, 6) is 1.23. The quantitative estimate of drug-likeness (QED) is 0.889. The Morgan fingerprint density at radius 3 is 2.81 bits per heavy atom. The number of likely N-dealkylation sites (tertiary alicyclic amines) is 1. The van der Waals surface area contributed by atoms with Crippen molar-refractivity contribution in [3.05, 3.63) is 47.3 Å². The molecule has 2 aromatic rings. The van der Waals surface area contributed by atoms with E-state index in [-0.39, 0.29) is 12.5 Å². The molecule has 1 amide bonds. The van der Waals surface area contributed by atoms with Crippen LogP contribution in [-0.2, 0) is 6.42 Å². The number of amides is 1. The lowest BCUT2D eigenvalue weighted by atomic mass is 9.96. The van der Waals surface area contributed by atoms with Crippen molar-refractivity contribution in [1.29, 1.82) is 0 Å². The zero-order chi connectivity index (χ0) is 18.6. The predicted octanol–water partition coefficient (Wildman–Crippen LogP) is 2.98. The summed E-state index contributed by atoms with van der Waals surface area (Å²) < 4.78 is 10.9. The van der Waals surface area contributed by atoms with Crippen molar-refractivity contribution in [3.8, 4) is 5.75 Å². The number of aryl methyl sites for hydroxylation is 2. The fourth-order valence-corrected chi connectivity index (χ4v) is 3.35. The molecule has 0 radical (unpaired) electrons. The minimum atomic E-state index is -0.928. The molecule has 1 saturated heterocycles. The van der Waals surface area contributed by atoms with Gasteiger partial charge < -0.3 is 19.3 Å². The highest BCUT2D eigenvalue weighted by Gasteiger charge is 2.34. The van der Waals surface area contributed by atoms with E-state index in [1.165, 1.54) is 0 Å². The fourth-order valence-electron chi connectivity index (χ4n) is 3.35. The van der Waals surface area contributed by atoms with Crippen LogP contribution in [0.4, 0.5) is 0 Å². The number of para-hydroxylation sites is 1. The third-order valence-corrected chi connectivity index (χ3v) is 4.94. The first kappa shape index (κ1) is 18.5. The van der Waals surface area contributed by atoms with Crippen molar-refractivity contribution in [3.63, 3.8) is 0 Å². The summed E-state index contributed by atoms with van der Waals surface area (Å²) in [6.07, 6.45) is 2.47. The van der Waals surface area contributed by atoms with Crippen molar-refractivity contribution in [2.75, 3.05) is 19.7 Å². The van der Waals surface area contributed by atoms with Gasteiger partial charge in [0.05, 0.1) is 5.69 Å². The van der Waals surface area contributed by atoms with Gasteiger partial charge in [0, 0.05) is 13.1 Å². The van der Waals surface area contributed by atoms with Crippen LogP contribution in [0.1, 0.15) is 48.0 Å². The molecule has 26 heavy (non-hydrogen) atoms. The van der Waals surface area contributed by atoms with Gasteiger partial charge in [-0.3, -0.25) is 4.79 Å². The molecule has 0 saturated carbocycles. The molecule has 1 fully saturated rings. The maximum Gasteiger partial charge on any atom is 0.259 e. The number of nitrogens with zero attached hydrogens (tertiary/aromatic N) is 2. The molecule has 1 atom stereocenters. The second kappa shape index (κ2) is 7.91. The van der Waals surface area contributed by atoms with E-state index in [1.807, 2.05) is 37.3 Å². The Morgan fingerprint density at radius 2 is 2.08 bits per heavy atom. The van der Waals surface area contributed by atoms with Crippen LogP contribution in [-0.4, -0.2) is 46.4 Å². The van der Waals surface area contributed by atoms with E-state index in [0.717, 1.165) is 12.2 Å². The van der Waals surface area contributed by atoms with Gasteiger partial charge in [0.25, 0.3) is 5.91 Å². The Hall–Kier alpha value is -2.34. The van der Waals surface area contributed by atoms with E-state index in [1.54, 1.807) is 11.8 Å². The highest BCUT2D eigenvalue weighted by molar-refractivity contribution is 5.96. The molecule has 140 valence electrons. The number of aromatic nitrogens is 1. The van der Waals surface area contributed by atoms with Crippen LogP contribution >= 0.6 is 0 Å². The predicted molar refractivity (Wildman–Crippen MR) is 97.3 cm³/mol. The molecule has 1 N–H and O–H groups in total. The molecule has 0 spiro atoms. The number of ether oxygens (including phenoxy) is 1. The maximum absolute atomic E-state index is 12.9. The average molecular weight is 358 g/mol. The minimum absolute atomic E-state index is 0.0613. The molecular formula is C20H26N2O4. The summed E-state index contributed by atoms with van der Waals surface area (Å²) >= 11 is 0. The van der Waals surface area contributed by atoms with Crippen molar-refractivity contribution in [2.24, 2.45) is 0 Å². The third-order valence-electron chi connectivity index (χ3n) is 4.94. The molecule has 1 aromatic carbocycles. The first-order chi connectivity index (χ1) is 12.5. The van der Waals surface area contributed by atoms with Crippen LogP contribution in [0.2, 0.25) is 0 Å². The van der Waals surface area contributed by atoms with E-state index >= 15 is 0 Å². The standard InChI is InChI=1S/C20H26N2O4/c1-3-17-18(15(2)26-21-17)19(23)22-12-7-10-20(24,11-13-22)14-25-16-8-5-4-6-9-16/h4-6,8-9,24H,3,7,10-14H2,1-2H3. The molecule has 1 aliphatic rings. The molecule has 1 aliphatic heterocycles. The molecule has 1 aromatic heterocycles. The molecule has 6 nitrogen and oxygen atoms in total. The van der Waals surface area contributed by atoms with Crippen LogP contribution in [0.5, 0.6) is 5.75 Å². The van der Waals surface area contributed by atoms with Crippen molar-refractivity contribution in [2.45, 2.75) is 45.1 Å².